The summed E-state index contributed by atoms with van der Waals surface area (Å²) >= 11 is 0. The highest BCUT2D eigenvalue weighted by Crippen LogP contribution is 2.10. The number of unbranched alkanes of at least 4 members (excludes halogenated alkanes) is 9. The second-order valence-electron chi connectivity index (χ2n) is 6.97. The monoisotopic (exact) mass is 406 g/mol. The Labute approximate surface area is 173 Å². The van der Waals surface area contributed by atoms with Crippen molar-refractivity contribution in [2.75, 3.05) is 72.7 Å². The molecule has 28 heavy (non-hydrogen) atoms. The predicted molar refractivity (Wildman–Crippen MR) is 113 cm³/mol. The van der Waals surface area contributed by atoms with Crippen LogP contribution < -0.4 is 0 Å². The molecule has 0 saturated heterocycles. The maximum absolute atomic E-state index is 8.54. The molecule has 0 atom stereocenters. The van der Waals surface area contributed by atoms with Crippen LogP contribution in [0.25, 0.3) is 0 Å². The molecule has 0 saturated carbocycles. The topological polar surface area (TPSA) is 66.4 Å². The Morgan fingerprint density at radius 1 is 0.393 bits per heavy atom. The molecule has 0 aromatic carbocycles. The van der Waals surface area contributed by atoms with E-state index in [0.29, 0.717) is 59.5 Å². The smallest absolute Gasteiger partial charge is 0.0701 e. The Morgan fingerprint density at radius 3 is 1.11 bits per heavy atom. The zero-order valence-electron chi connectivity index (χ0n) is 18.3. The fourth-order valence-corrected chi connectivity index (χ4v) is 2.74. The van der Waals surface area contributed by atoms with Crippen LogP contribution in [0.5, 0.6) is 0 Å². The Bertz CT molecular complexity index is 239. The molecule has 0 aliphatic carbocycles. The van der Waals surface area contributed by atoms with Crippen LogP contribution in [0.1, 0.15) is 71.1 Å². The minimum atomic E-state index is 0.0491. The van der Waals surface area contributed by atoms with Crippen molar-refractivity contribution in [1.29, 1.82) is 0 Å². The summed E-state index contributed by atoms with van der Waals surface area (Å²) in [6.45, 7) is 8.09. The standard InChI is InChI=1S/C22H46O6/c1-2-3-4-5-6-7-8-9-10-11-13-24-15-17-26-19-21-28-22-20-27-18-16-25-14-12-23/h23H,2-22H2,1H3. The van der Waals surface area contributed by atoms with E-state index in [0.717, 1.165) is 13.0 Å². The van der Waals surface area contributed by atoms with Crippen LogP contribution in [-0.4, -0.2) is 77.8 Å². The van der Waals surface area contributed by atoms with Gasteiger partial charge in [-0.3, -0.25) is 0 Å². The summed E-state index contributed by atoms with van der Waals surface area (Å²) in [6.07, 6.45) is 13.5. The van der Waals surface area contributed by atoms with Crippen molar-refractivity contribution in [1.82, 2.24) is 0 Å². The van der Waals surface area contributed by atoms with Crippen LogP contribution in [0.15, 0.2) is 0 Å². The number of hydrogen-bond acceptors (Lipinski definition) is 6. The minimum Gasteiger partial charge on any atom is -0.394 e. The Hall–Kier alpha value is -0.240. The van der Waals surface area contributed by atoms with Gasteiger partial charge in [0.05, 0.1) is 66.1 Å². The molecular weight excluding hydrogens is 360 g/mol. The van der Waals surface area contributed by atoms with Crippen molar-refractivity contribution in [3.8, 4) is 0 Å². The summed E-state index contributed by atoms with van der Waals surface area (Å²) < 4.78 is 26.9. The first kappa shape index (κ1) is 27.8. The highest BCUT2D eigenvalue weighted by molar-refractivity contribution is 4.47. The number of ether oxygens (including phenoxy) is 5. The van der Waals surface area contributed by atoms with Crippen LogP contribution in [0.4, 0.5) is 0 Å². The molecule has 0 unspecified atom stereocenters. The van der Waals surface area contributed by atoms with E-state index in [2.05, 4.69) is 6.92 Å². The molecule has 0 rings (SSSR count). The summed E-state index contributed by atoms with van der Waals surface area (Å²) in [5.41, 5.74) is 0. The van der Waals surface area contributed by atoms with Gasteiger partial charge in [-0.1, -0.05) is 64.7 Å². The van der Waals surface area contributed by atoms with Crippen LogP contribution in [0, 0.1) is 0 Å². The molecule has 0 aromatic heterocycles. The van der Waals surface area contributed by atoms with E-state index in [9.17, 15) is 0 Å². The molecule has 1 N–H and O–H groups in total. The number of rotatable bonds is 25. The lowest BCUT2D eigenvalue weighted by Crippen LogP contribution is -2.13. The van der Waals surface area contributed by atoms with Gasteiger partial charge < -0.3 is 28.8 Å². The molecule has 0 spiro atoms. The van der Waals surface area contributed by atoms with Crippen LogP contribution in [0.3, 0.4) is 0 Å². The van der Waals surface area contributed by atoms with Gasteiger partial charge in [-0.2, -0.15) is 0 Å². The number of aliphatic hydroxyl groups is 1. The molecule has 0 bridgehead atoms. The van der Waals surface area contributed by atoms with Gasteiger partial charge in [-0.15, -0.1) is 0 Å². The van der Waals surface area contributed by atoms with Crippen molar-refractivity contribution in [3.05, 3.63) is 0 Å². The quantitative estimate of drug-likeness (QED) is 0.231. The maximum atomic E-state index is 8.54. The van der Waals surface area contributed by atoms with E-state index in [1.54, 1.807) is 0 Å². The van der Waals surface area contributed by atoms with Crippen LogP contribution >= 0.6 is 0 Å². The lowest BCUT2D eigenvalue weighted by Gasteiger charge is -2.08. The van der Waals surface area contributed by atoms with E-state index >= 15 is 0 Å². The highest BCUT2D eigenvalue weighted by atomic mass is 16.6. The first-order chi connectivity index (χ1) is 13.9. The molecule has 170 valence electrons. The fourth-order valence-electron chi connectivity index (χ4n) is 2.74. The van der Waals surface area contributed by atoms with E-state index in [1.807, 2.05) is 0 Å². The zero-order chi connectivity index (χ0) is 20.4. The summed E-state index contributed by atoms with van der Waals surface area (Å²) in [5, 5.41) is 8.54. The van der Waals surface area contributed by atoms with Gasteiger partial charge in [0.2, 0.25) is 0 Å². The zero-order valence-corrected chi connectivity index (χ0v) is 18.3. The first-order valence-corrected chi connectivity index (χ1v) is 11.4. The maximum Gasteiger partial charge on any atom is 0.0701 e. The summed E-state index contributed by atoms with van der Waals surface area (Å²) in [7, 11) is 0. The SMILES string of the molecule is CCCCCCCCCCCCOCCOCCOCCOCCOCCO. The summed E-state index contributed by atoms with van der Waals surface area (Å²) in [6, 6.07) is 0. The molecule has 0 aliphatic rings. The second kappa shape index (κ2) is 26.8. The lowest BCUT2D eigenvalue weighted by molar-refractivity contribution is -0.0134. The van der Waals surface area contributed by atoms with Gasteiger partial charge in [0.25, 0.3) is 0 Å². The van der Waals surface area contributed by atoms with Crippen molar-refractivity contribution >= 4 is 0 Å². The summed E-state index contributed by atoms with van der Waals surface area (Å²) in [4.78, 5) is 0. The van der Waals surface area contributed by atoms with E-state index in [4.69, 9.17) is 28.8 Å². The molecule has 0 fully saturated rings. The Morgan fingerprint density at radius 2 is 0.714 bits per heavy atom. The van der Waals surface area contributed by atoms with Gasteiger partial charge in [0.15, 0.2) is 0 Å². The summed E-state index contributed by atoms with van der Waals surface area (Å²) in [5.74, 6) is 0. The average molecular weight is 407 g/mol. The third-order valence-electron chi connectivity index (χ3n) is 4.37. The highest BCUT2D eigenvalue weighted by Gasteiger charge is 1.95. The van der Waals surface area contributed by atoms with E-state index in [-0.39, 0.29) is 6.61 Å². The second-order valence-corrected chi connectivity index (χ2v) is 6.97. The van der Waals surface area contributed by atoms with Gasteiger partial charge in [-0.25, -0.2) is 0 Å². The molecular formula is C22H46O6. The molecule has 0 amide bonds. The van der Waals surface area contributed by atoms with E-state index in [1.165, 1.54) is 57.8 Å². The molecule has 0 heterocycles. The van der Waals surface area contributed by atoms with Crippen molar-refractivity contribution in [2.24, 2.45) is 0 Å². The Balaban J connectivity index is 2.96. The van der Waals surface area contributed by atoms with Gasteiger partial charge in [0, 0.05) is 6.61 Å². The van der Waals surface area contributed by atoms with Crippen molar-refractivity contribution in [3.63, 3.8) is 0 Å². The van der Waals surface area contributed by atoms with Gasteiger partial charge >= 0.3 is 0 Å². The van der Waals surface area contributed by atoms with E-state index < -0.39 is 0 Å². The largest absolute Gasteiger partial charge is 0.394 e. The Kier molecular flexibility index (Phi) is 26.5. The van der Waals surface area contributed by atoms with Crippen LogP contribution in [0.2, 0.25) is 0 Å². The third-order valence-corrected chi connectivity index (χ3v) is 4.37. The molecule has 0 aromatic rings. The molecule has 6 heteroatoms. The van der Waals surface area contributed by atoms with Crippen molar-refractivity contribution < 1.29 is 28.8 Å². The number of hydrogen-bond donors (Lipinski definition) is 1. The van der Waals surface area contributed by atoms with Crippen LogP contribution in [-0.2, 0) is 23.7 Å². The lowest BCUT2D eigenvalue weighted by atomic mass is 10.1. The molecule has 0 aliphatic heterocycles. The predicted octanol–water partition coefficient (Wildman–Crippen LogP) is 3.98. The minimum absolute atomic E-state index is 0.0491. The molecule has 6 nitrogen and oxygen atoms in total. The fraction of sp³-hybridized carbons (Fsp3) is 1.00. The molecule has 0 radical (unpaired) electrons. The van der Waals surface area contributed by atoms with Gasteiger partial charge in [0.1, 0.15) is 0 Å². The van der Waals surface area contributed by atoms with Gasteiger partial charge in [-0.05, 0) is 6.42 Å². The third kappa shape index (κ3) is 25.8. The normalized spacial score (nSPS) is 11.4. The first-order valence-electron chi connectivity index (χ1n) is 11.4. The number of aliphatic hydroxyl groups excluding tert-OH is 1. The average Bonchev–Trinajstić information content (AvgIpc) is 2.71. The van der Waals surface area contributed by atoms with Crippen molar-refractivity contribution in [2.45, 2.75) is 71.1 Å².